The Labute approximate surface area is 207 Å². The number of halogens is 5. The molecule has 0 fully saturated rings. The minimum atomic E-state index is -1.60. The summed E-state index contributed by atoms with van der Waals surface area (Å²) < 4.78 is 0. The molecule has 0 heterocycles. The maximum atomic E-state index is 3.64. The van der Waals surface area contributed by atoms with Gasteiger partial charge in [0.05, 0.1) is 6.16 Å². The van der Waals surface area contributed by atoms with Gasteiger partial charge < -0.3 is 0 Å². The zero-order chi connectivity index (χ0) is 20.5. The fraction of sp³-hybridized carbons (Fsp3) is 0.143. The van der Waals surface area contributed by atoms with Crippen LogP contribution in [-0.2, 0) is 5.61 Å². The monoisotopic (exact) mass is 755 g/mol. The summed E-state index contributed by atoms with van der Waals surface area (Å²) in [5.41, 5.74) is -1.25. The molecule has 0 aromatic heterocycles. The van der Waals surface area contributed by atoms with Gasteiger partial charge in [-0.3, -0.25) is 0 Å². The molecule has 0 nitrogen and oxygen atoms in total. The summed E-state index contributed by atoms with van der Waals surface area (Å²) in [6.07, 6.45) is 2.36. The standard InChI is InChI=1S/C21H21BrP.4BrH.Fe/c22-17-10-18-23(19-11-4-1-5-12-19,20-13-6-2-7-14-20)21-15-8-3-9-16-21;;;;;/h1-9,11-16H,10,17-18H2;4*1H;/q+1;;;;;+3/p-4. The third-order valence-corrected chi connectivity index (χ3v) is 9.30. The van der Waals surface area contributed by atoms with Crippen molar-refractivity contribution in [3.63, 3.8) is 0 Å². The first-order chi connectivity index (χ1) is 13.4. The molecule has 0 bridgehead atoms. The Morgan fingerprint density at radius 3 is 1.11 bits per heavy atom. The Morgan fingerprint density at radius 1 is 0.571 bits per heavy atom. The average molecular weight is 760 g/mol. The molecule has 0 N–H and O–H groups in total. The summed E-state index contributed by atoms with van der Waals surface area (Å²) >= 11 is 16.6. The van der Waals surface area contributed by atoms with Crippen LogP contribution in [0.2, 0.25) is 0 Å². The van der Waals surface area contributed by atoms with Gasteiger partial charge in [0, 0.05) is 5.33 Å². The molecule has 0 amide bonds. The molecule has 0 unspecified atom stereocenters. The normalized spacial score (nSPS) is 12.0. The molecule has 0 aliphatic carbocycles. The SMILES string of the molecule is BrCCC[P+](c1ccccc1)(c1ccccc1)c1ccccc1.[Br][Fe-]([Br])([Br])[Br]. The Kier molecular flexibility index (Phi) is 11.5. The van der Waals surface area contributed by atoms with Crippen LogP contribution in [0.1, 0.15) is 6.42 Å². The average Bonchev–Trinajstić information content (AvgIpc) is 2.70. The van der Waals surface area contributed by atoms with Crippen molar-refractivity contribution in [3.8, 4) is 0 Å². The van der Waals surface area contributed by atoms with Crippen molar-refractivity contribution in [1.29, 1.82) is 0 Å². The zero-order valence-electron chi connectivity index (χ0n) is 15.0. The molecular formula is C21H21Br5FeP. The fourth-order valence-corrected chi connectivity index (χ4v) is 8.24. The predicted octanol–water partition coefficient (Wildman–Crippen LogP) is 8.15. The van der Waals surface area contributed by atoms with Crippen LogP contribution >= 0.6 is 79.6 Å². The van der Waals surface area contributed by atoms with E-state index in [-0.39, 0.29) is 0 Å². The van der Waals surface area contributed by atoms with Crippen LogP contribution in [0, 0.1) is 0 Å². The summed E-state index contributed by atoms with van der Waals surface area (Å²) in [7, 11) is -1.60. The molecule has 0 saturated heterocycles. The summed E-state index contributed by atoms with van der Waals surface area (Å²) in [5.74, 6) is 0. The molecule has 7 heteroatoms. The van der Waals surface area contributed by atoms with Crippen molar-refractivity contribution in [2.24, 2.45) is 0 Å². The second kappa shape index (κ2) is 12.8. The number of rotatable bonds is 6. The van der Waals surface area contributed by atoms with Gasteiger partial charge in [0.15, 0.2) is 0 Å². The van der Waals surface area contributed by atoms with E-state index < -0.39 is 12.9 Å². The maximum absolute atomic E-state index is 3.64. The van der Waals surface area contributed by atoms with Crippen molar-refractivity contribution in [1.82, 2.24) is 0 Å². The Bertz CT molecular complexity index is 708. The van der Waals surface area contributed by atoms with E-state index in [0.29, 0.717) is 0 Å². The number of hydrogen-bond donors (Lipinski definition) is 0. The van der Waals surface area contributed by atoms with E-state index >= 15 is 0 Å². The van der Waals surface area contributed by atoms with E-state index in [1.165, 1.54) is 28.5 Å². The predicted molar refractivity (Wildman–Crippen MR) is 144 cm³/mol. The molecule has 3 aromatic rings. The van der Waals surface area contributed by atoms with Gasteiger partial charge in [0.2, 0.25) is 0 Å². The molecular weight excluding hydrogens is 739 g/mol. The van der Waals surface area contributed by atoms with E-state index in [1.54, 1.807) is 0 Å². The van der Waals surface area contributed by atoms with Crippen molar-refractivity contribution < 1.29 is 5.61 Å². The number of benzene rings is 3. The van der Waals surface area contributed by atoms with Crippen molar-refractivity contribution >= 4 is 95.5 Å². The van der Waals surface area contributed by atoms with Gasteiger partial charge in [-0.25, -0.2) is 0 Å². The van der Waals surface area contributed by atoms with Crippen molar-refractivity contribution in [3.05, 3.63) is 91.0 Å². The summed E-state index contributed by atoms with van der Waals surface area (Å²) in [6, 6.07) is 33.2. The topological polar surface area (TPSA) is 0 Å². The molecule has 0 atom stereocenters. The molecule has 0 aliphatic rings. The third-order valence-electron chi connectivity index (χ3n) is 4.22. The van der Waals surface area contributed by atoms with Gasteiger partial charge in [-0.1, -0.05) is 70.5 Å². The molecule has 0 saturated carbocycles. The second-order valence-corrected chi connectivity index (χ2v) is 43.7. The zero-order valence-corrected chi connectivity index (χ0v) is 24.9. The quantitative estimate of drug-likeness (QED) is 0.135. The first-order valence-corrected chi connectivity index (χ1v) is 22.5. The molecule has 153 valence electrons. The van der Waals surface area contributed by atoms with E-state index in [1.807, 2.05) is 0 Å². The molecule has 3 rings (SSSR count). The van der Waals surface area contributed by atoms with Gasteiger partial charge >= 0.3 is 62.1 Å². The minimum absolute atomic E-state index is 1.04. The van der Waals surface area contributed by atoms with Crippen molar-refractivity contribution in [2.75, 3.05) is 11.5 Å². The molecule has 28 heavy (non-hydrogen) atoms. The van der Waals surface area contributed by atoms with Crippen LogP contribution in [0.15, 0.2) is 91.0 Å². The second-order valence-electron chi connectivity index (χ2n) is 5.89. The first-order valence-electron chi connectivity index (χ1n) is 8.52. The first kappa shape index (κ1) is 25.3. The third kappa shape index (κ3) is 7.93. The van der Waals surface area contributed by atoms with E-state index in [0.717, 1.165) is 5.33 Å². The molecule has 0 spiro atoms. The van der Waals surface area contributed by atoms with Gasteiger partial charge in [0.25, 0.3) is 0 Å². The van der Waals surface area contributed by atoms with Crippen LogP contribution in [0.5, 0.6) is 0 Å². The molecule has 3 aromatic carbocycles. The van der Waals surface area contributed by atoms with Crippen LogP contribution < -0.4 is 15.9 Å². The van der Waals surface area contributed by atoms with Crippen LogP contribution in [-0.4, -0.2) is 11.5 Å². The molecule has 0 aliphatic heterocycles. The van der Waals surface area contributed by atoms with E-state index in [2.05, 4.69) is 163 Å². The Balaban J connectivity index is 0.000000500. The molecule has 0 radical (unpaired) electrons. The summed E-state index contributed by atoms with van der Waals surface area (Å²) in [4.78, 5) is 0. The Hall–Kier alpha value is 1.01. The van der Waals surface area contributed by atoms with Gasteiger partial charge in [-0.05, 0) is 42.8 Å². The van der Waals surface area contributed by atoms with Gasteiger partial charge in [-0.2, -0.15) is 0 Å². The number of hydrogen-bond acceptors (Lipinski definition) is 0. The summed E-state index contributed by atoms with van der Waals surface area (Å²) in [6.45, 7) is 0. The summed E-state index contributed by atoms with van der Waals surface area (Å²) in [5, 5.41) is 5.45. The number of alkyl halides is 1. The van der Waals surface area contributed by atoms with Crippen LogP contribution in [0.3, 0.4) is 0 Å². The van der Waals surface area contributed by atoms with E-state index in [9.17, 15) is 0 Å². The van der Waals surface area contributed by atoms with Crippen LogP contribution in [0.4, 0.5) is 0 Å². The van der Waals surface area contributed by atoms with E-state index in [4.69, 9.17) is 0 Å². The Morgan fingerprint density at radius 2 is 0.857 bits per heavy atom. The van der Waals surface area contributed by atoms with Crippen molar-refractivity contribution in [2.45, 2.75) is 6.42 Å². The van der Waals surface area contributed by atoms with Crippen LogP contribution in [0.25, 0.3) is 0 Å². The van der Waals surface area contributed by atoms with Gasteiger partial charge in [-0.15, -0.1) is 0 Å². The van der Waals surface area contributed by atoms with Gasteiger partial charge in [0.1, 0.15) is 23.2 Å². The fourth-order valence-electron chi connectivity index (χ4n) is 3.18.